The maximum absolute atomic E-state index is 12.1. The molecule has 0 saturated heterocycles. The van der Waals surface area contributed by atoms with Gasteiger partial charge in [-0.1, -0.05) is 17.3 Å². The number of carbonyl (C=O) groups is 1. The summed E-state index contributed by atoms with van der Waals surface area (Å²) >= 11 is 1.46. The van der Waals surface area contributed by atoms with Gasteiger partial charge < -0.3 is 14.0 Å². The average Bonchev–Trinajstić information content (AvgIpc) is 3.42. The number of aromatic nitrogens is 2. The van der Waals surface area contributed by atoms with Crippen LogP contribution in [-0.4, -0.2) is 38.7 Å². The molecule has 0 spiro atoms. The Morgan fingerprint density at radius 2 is 2.17 bits per heavy atom. The number of sulfonamides is 1. The minimum Gasteiger partial charge on any atom is -0.495 e. The molecule has 0 amide bonds. The van der Waals surface area contributed by atoms with E-state index < -0.39 is 16.0 Å². The van der Waals surface area contributed by atoms with E-state index in [1.54, 1.807) is 6.07 Å². The van der Waals surface area contributed by atoms with Crippen molar-refractivity contribution in [1.82, 2.24) is 14.9 Å². The highest BCUT2D eigenvalue weighted by Gasteiger charge is 2.17. The van der Waals surface area contributed by atoms with E-state index in [-0.39, 0.29) is 23.1 Å². The normalized spacial score (nSPS) is 11.7. The lowest BCUT2D eigenvalue weighted by Crippen LogP contribution is -2.19. The Labute approximate surface area is 171 Å². The predicted octanol–water partition coefficient (Wildman–Crippen LogP) is 2.47. The van der Waals surface area contributed by atoms with E-state index in [0.29, 0.717) is 11.5 Å². The standard InChI is InChI=1S/C18H17N3O6S2/c1-19-29(23,24)15-10-12(5-7-13(15)25-2)6-8-17(22)26-11-16-20-18(27-21-16)14-4-3-9-28-14/h3-10,19H,11H2,1-2H3/b8-6+. The fourth-order valence-electron chi connectivity index (χ4n) is 2.28. The lowest BCUT2D eigenvalue weighted by Gasteiger charge is -2.09. The Bertz CT molecular complexity index is 1120. The second kappa shape index (κ2) is 8.99. The van der Waals surface area contributed by atoms with Gasteiger partial charge in [0, 0.05) is 6.08 Å². The van der Waals surface area contributed by atoms with Gasteiger partial charge in [0.15, 0.2) is 6.61 Å². The summed E-state index contributed by atoms with van der Waals surface area (Å²) in [6.45, 7) is -0.153. The smallest absolute Gasteiger partial charge is 0.331 e. The molecule has 11 heteroatoms. The van der Waals surface area contributed by atoms with Gasteiger partial charge in [-0.3, -0.25) is 0 Å². The van der Waals surface area contributed by atoms with Gasteiger partial charge in [-0.05, 0) is 42.3 Å². The van der Waals surface area contributed by atoms with Crippen LogP contribution in [0, 0.1) is 0 Å². The van der Waals surface area contributed by atoms with Crippen LogP contribution in [0.3, 0.4) is 0 Å². The van der Waals surface area contributed by atoms with Crippen LogP contribution >= 0.6 is 11.3 Å². The van der Waals surface area contributed by atoms with Crippen molar-refractivity contribution in [3.63, 3.8) is 0 Å². The first-order chi connectivity index (χ1) is 13.9. The summed E-state index contributed by atoms with van der Waals surface area (Å²) in [6.07, 6.45) is 2.61. The van der Waals surface area contributed by atoms with Crippen molar-refractivity contribution in [1.29, 1.82) is 0 Å². The molecule has 1 aromatic carbocycles. The van der Waals surface area contributed by atoms with Gasteiger partial charge in [0.25, 0.3) is 5.89 Å². The highest BCUT2D eigenvalue weighted by molar-refractivity contribution is 7.89. The minimum atomic E-state index is -3.72. The highest BCUT2D eigenvalue weighted by Crippen LogP contribution is 2.25. The lowest BCUT2D eigenvalue weighted by atomic mass is 10.2. The van der Waals surface area contributed by atoms with Gasteiger partial charge in [-0.15, -0.1) is 11.3 Å². The molecule has 152 valence electrons. The van der Waals surface area contributed by atoms with E-state index in [9.17, 15) is 13.2 Å². The van der Waals surface area contributed by atoms with E-state index in [1.165, 1.54) is 49.8 Å². The number of hydrogen-bond donors (Lipinski definition) is 1. The molecule has 1 N–H and O–H groups in total. The Morgan fingerprint density at radius 3 is 2.86 bits per heavy atom. The Kier molecular flexibility index (Phi) is 6.42. The Hall–Kier alpha value is -3.02. The number of esters is 1. The topological polar surface area (TPSA) is 121 Å². The van der Waals surface area contributed by atoms with Crippen molar-refractivity contribution in [2.45, 2.75) is 11.5 Å². The monoisotopic (exact) mass is 435 g/mol. The third-order valence-corrected chi connectivity index (χ3v) is 5.99. The summed E-state index contributed by atoms with van der Waals surface area (Å²) in [5, 5.41) is 5.65. The molecule has 0 atom stereocenters. The second-order valence-corrected chi connectivity index (χ2v) is 8.35. The predicted molar refractivity (Wildman–Crippen MR) is 106 cm³/mol. The van der Waals surface area contributed by atoms with E-state index in [1.807, 2.05) is 17.5 Å². The minimum absolute atomic E-state index is 0.0362. The molecule has 0 aliphatic carbocycles. The number of thiophene rings is 1. The first-order valence-electron chi connectivity index (χ1n) is 8.26. The summed E-state index contributed by atoms with van der Waals surface area (Å²) in [6, 6.07) is 8.21. The first kappa shape index (κ1) is 20.7. The molecule has 0 aliphatic heterocycles. The molecule has 0 saturated carbocycles. The maximum Gasteiger partial charge on any atom is 0.331 e. The van der Waals surface area contributed by atoms with Crippen LogP contribution in [-0.2, 0) is 26.2 Å². The van der Waals surface area contributed by atoms with Crippen LogP contribution < -0.4 is 9.46 Å². The number of hydrogen-bond acceptors (Lipinski definition) is 9. The molecule has 0 bridgehead atoms. The molecule has 0 aliphatic rings. The molecule has 2 aromatic heterocycles. The maximum atomic E-state index is 12.1. The lowest BCUT2D eigenvalue weighted by molar-refractivity contribution is -0.139. The molecular formula is C18H17N3O6S2. The molecular weight excluding hydrogens is 418 g/mol. The second-order valence-electron chi connectivity index (χ2n) is 5.55. The van der Waals surface area contributed by atoms with Gasteiger partial charge in [-0.2, -0.15) is 4.98 Å². The van der Waals surface area contributed by atoms with Crippen molar-refractivity contribution < 1.29 is 27.2 Å². The summed E-state index contributed by atoms with van der Waals surface area (Å²) in [4.78, 5) is 16.9. The number of benzene rings is 1. The number of nitrogens with one attached hydrogen (secondary N) is 1. The average molecular weight is 435 g/mol. The van der Waals surface area contributed by atoms with Crippen molar-refractivity contribution in [3.05, 3.63) is 53.2 Å². The van der Waals surface area contributed by atoms with Crippen LogP contribution in [0.2, 0.25) is 0 Å². The van der Waals surface area contributed by atoms with Gasteiger partial charge >= 0.3 is 5.97 Å². The van der Waals surface area contributed by atoms with Crippen LogP contribution in [0.4, 0.5) is 0 Å². The van der Waals surface area contributed by atoms with Crippen LogP contribution in [0.15, 0.2) is 51.2 Å². The van der Waals surface area contributed by atoms with E-state index in [0.717, 1.165) is 4.88 Å². The van der Waals surface area contributed by atoms with Crippen LogP contribution in [0.25, 0.3) is 16.8 Å². The third kappa shape index (κ3) is 5.08. The highest BCUT2D eigenvalue weighted by atomic mass is 32.2. The van der Waals surface area contributed by atoms with Crippen molar-refractivity contribution in [3.8, 4) is 16.5 Å². The molecule has 3 rings (SSSR count). The number of nitrogens with zero attached hydrogens (tertiary/aromatic N) is 2. The zero-order chi connectivity index (χ0) is 20.9. The molecule has 0 radical (unpaired) electrons. The fraction of sp³-hybridized carbons (Fsp3) is 0.167. The Morgan fingerprint density at radius 1 is 1.34 bits per heavy atom. The van der Waals surface area contributed by atoms with Gasteiger partial charge in [0.1, 0.15) is 10.6 Å². The Balaban J connectivity index is 1.64. The summed E-state index contributed by atoms with van der Waals surface area (Å²) < 4.78 is 41.7. The number of rotatable bonds is 8. The fourth-order valence-corrected chi connectivity index (χ4v) is 3.85. The van der Waals surface area contributed by atoms with E-state index in [4.69, 9.17) is 14.0 Å². The zero-order valence-electron chi connectivity index (χ0n) is 15.5. The largest absolute Gasteiger partial charge is 0.495 e. The van der Waals surface area contributed by atoms with Gasteiger partial charge in [0.05, 0.1) is 12.0 Å². The molecule has 3 aromatic rings. The van der Waals surface area contributed by atoms with Gasteiger partial charge in [-0.25, -0.2) is 17.9 Å². The van der Waals surface area contributed by atoms with Gasteiger partial charge in [0.2, 0.25) is 15.8 Å². The van der Waals surface area contributed by atoms with Crippen molar-refractivity contribution in [2.24, 2.45) is 0 Å². The molecule has 0 unspecified atom stereocenters. The number of carbonyl (C=O) groups excluding carboxylic acids is 1. The zero-order valence-corrected chi connectivity index (χ0v) is 17.1. The third-order valence-electron chi connectivity index (χ3n) is 3.70. The van der Waals surface area contributed by atoms with Crippen LogP contribution in [0.5, 0.6) is 5.75 Å². The summed E-state index contributed by atoms with van der Waals surface area (Å²) in [5.74, 6) is 0.152. The molecule has 9 nitrogen and oxygen atoms in total. The molecule has 2 heterocycles. The quantitative estimate of drug-likeness (QED) is 0.423. The van der Waals surface area contributed by atoms with E-state index >= 15 is 0 Å². The van der Waals surface area contributed by atoms with Crippen molar-refractivity contribution in [2.75, 3.05) is 14.2 Å². The van der Waals surface area contributed by atoms with Crippen LogP contribution in [0.1, 0.15) is 11.4 Å². The molecule has 29 heavy (non-hydrogen) atoms. The molecule has 0 fully saturated rings. The number of methoxy groups -OCH3 is 1. The van der Waals surface area contributed by atoms with E-state index in [2.05, 4.69) is 14.9 Å². The number of ether oxygens (including phenoxy) is 2. The summed E-state index contributed by atoms with van der Waals surface area (Å²) in [5.41, 5.74) is 0.483. The van der Waals surface area contributed by atoms with Crippen molar-refractivity contribution >= 4 is 33.4 Å². The summed E-state index contributed by atoms with van der Waals surface area (Å²) in [7, 11) is -1.04. The SMILES string of the molecule is CNS(=O)(=O)c1cc(/C=C/C(=O)OCc2noc(-c3cccs3)n2)ccc1OC. The first-order valence-corrected chi connectivity index (χ1v) is 10.6.